The Morgan fingerprint density at radius 1 is 1.48 bits per heavy atom. The number of amides is 1. The van der Waals surface area contributed by atoms with Crippen molar-refractivity contribution in [3.63, 3.8) is 0 Å². The molecule has 0 bridgehead atoms. The minimum atomic E-state index is -0.514. The summed E-state index contributed by atoms with van der Waals surface area (Å²) in [5.41, 5.74) is 0.431. The summed E-state index contributed by atoms with van der Waals surface area (Å²) in [6.45, 7) is 3.96. The molecule has 2 N–H and O–H groups in total. The molecule has 21 heavy (non-hydrogen) atoms. The van der Waals surface area contributed by atoms with Crippen molar-refractivity contribution in [2.24, 2.45) is 5.92 Å². The van der Waals surface area contributed by atoms with Crippen LogP contribution in [0.1, 0.15) is 25.8 Å². The van der Waals surface area contributed by atoms with E-state index in [4.69, 9.17) is 10.00 Å². The summed E-state index contributed by atoms with van der Waals surface area (Å²) < 4.78 is 4.71. The monoisotopic (exact) mass is 309 g/mol. The maximum atomic E-state index is 11.9. The van der Waals surface area contributed by atoms with Gasteiger partial charge >= 0.3 is 5.97 Å². The number of nitrogens with zero attached hydrogens (tertiary/aromatic N) is 1. The number of hydrogen-bond donors (Lipinski definition) is 2. The number of methoxy groups -OCH3 is 1. The lowest BCUT2D eigenvalue weighted by atomic mass is 10.0. The Morgan fingerprint density at radius 2 is 2.19 bits per heavy atom. The van der Waals surface area contributed by atoms with E-state index in [1.165, 1.54) is 18.4 Å². The molecule has 0 aliphatic rings. The molecule has 1 aromatic rings. The van der Waals surface area contributed by atoms with Gasteiger partial charge in [-0.2, -0.15) is 5.26 Å². The Hall–Kier alpha value is -1.91. The summed E-state index contributed by atoms with van der Waals surface area (Å²) >= 11 is 1.28. The summed E-state index contributed by atoms with van der Waals surface area (Å²) in [6.07, 6.45) is 0.586. The minimum absolute atomic E-state index is 0.0186. The SMILES string of the molecule is COC(=O)C(CC(C)C)NCC(=O)Nc1sccc1C#N. The predicted octanol–water partition coefficient (Wildman–Crippen LogP) is 1.74. The molecule has 0 fully saturated rings. The first kappa shape index (κ1) is 17.1. The van der Waals surface area contributed by atoms with Crippen LogP contribution < -0.4 is 10.6 Å². The Kier molecular flexibility index (Phi) is 6.85. The second-order valence-electron chi connectivity index (χ2n) is 4.91. The van der Waals surface area contributed by atoms with Crippen LogP contribution >= 0.6 is 11.3 Å². The summed E-state index contributed by atoms with van der Waals surface area (Å²) in [4.78, 5) is 23.5. The topological polar surface area (TPSA) is 91.2 Å². The van der Waals surface area contributed by atoms with E-state index in [0.29, 0.717) is 22.9 Å². The Labute approximate surface area is 128 Å². The van der Waals surface area contributed by atoms with E-state index < -0.39 is 6.04 Å². The molecule has 0 aliphatic heterocycles. The van der Waals surface area contributed by atoms with Crippen LogP contribution in [-0.2, 0) is 14.3 Å². The first-order valence-corrected chi connectivity index (χ1v) is 7.44. The third-order valence-electron chi connectivity index (χ3n) is 2.74. The minimum Gasteiger partial charge on any atom is -0.468 e. The van der Waals surface area contributed by atoms with E-state index in [1.54, 1.807) is 11.4 Å². The van der Waals surface area contributed by atoms with Gasteiger partial charge < -0.3 is 10.1 Å². The maximum absolute atomic E-state index is 11.9. The van der Waals surface area contributed by atoms with Crippen molar-refractivity contribution in [2.45, 2.75) is 26.3 Å². The van der Waals surface area contributed by atoms with Crippen molar-refractivity contribution in [3.05, 3.63) is 17.0 Å². The normalized spacial score (nSPS) is 11.8. The lowest BCUT2D eigenvalue weighted by Gasteiger charge is -2.17. The van der Waals surface area contributed by atoms with Gasteiger partial charge in [0, 0.05) is 0 Å². The zero-order chi connectivity index (χ0) is 15.8. The fraction of sp³-hybridized carbons (Fsp3) is 0.500. The molecule has 1 aromatic heterocycles. The zero-order valence-corrected chi connectivity index (χ0v) is 13.1. The fourth-order valence-electron chi connectivity index (χ4n) is 1.76. The molecule has 7 heteroatoms. The lowest BCUT2D eigenvalue weighted by molar-refractivity contribution is -0.143. The molecule has 0 saturated heterocycles. The molecule has 1 heterocycles. The predicted molar refractivity (Wildman–Crippen MR) is 80.9 cm³/mol. The largest absolute Gasteiger partial charge is 0.468 e. The molecule has 1 amide bonds. The van der Waals surface area contributed by atoms with Gasteiger partial charge in [0.1, 0.15) is 17.1 Å². The van der Waals surface area contributed by atoms with Crippen LogP contribution in [0, 0.1) is 17.2 Å². The molecule has 114 valence electrons. The molecule has 0 spiro atoms. The van der Waals surface area contributed by atoms with Crippen molar-refractivity contribution in [1.29, 1.82) is 5.26 Å². The number of hydrogen-bond acceptors (Lipinski definition) is 6. The van der Waals surface area contributed by atoms with E-state index in [-0.39, 0.29) is 18.4 Å². The van der Waals surface area contributed by atoms with Crippen molar-refractivity contribution in [3.8, 4) is 6.07 Å². The van der Waals surface area contributed by atoms with Crippen LogP contribution in [0.4, 0.5) is 5.00 Å². The van der Waals surface area contributed by atoms with Crippen LogP contribution in [0.5, 0.6) is 0 Å². The molecule has 0 radical (unpaired) electrons. The van der Waals surface area contributed by atoms with Gasteiger partial charge in [-0.25, -0.2) is 0 Å². The number of thiophene rings is 1. The molecular weight excluding hydrogens is 290 g/mol. The van der Waals surface area contributed by atoms with Crippen LogP contribution in [0.15, 0.2) is 11.4 Å². The highest BCUT2D eigenvalue weighted by molar-refractivity contribution is 7.14. The molecule has 1 unspecified atom stereocenters. The third kappa shape index (κ3) is 5.53. The lowest BCUT2D eigenvalue weighted by Crippen LogP contribution is -2.42. The second-order valence-corrected chi connectivity index (χ2v) is 5.83. The Morgan fingerprint density at radius 3 is 2.76 bits per heavy atom. The summed E-state index contributed by atoms with van der Waals surface area (Å²) in [6, 6.07) is 3.13. The maximum Gasteiger partial charge on any atom is 0.322 e. The highest BCUT2D eigenvalue weighted by Gasteiger charge is 2.21. The molecule has 1 rings (SSSR count). The molecule has 6 nitrogen and oxygen atoms in total. The summed E-state index contributed by atoms with van der Waals surface area (Å²) in [5.74, 6) is -0.385. The van der Waals surface area contributed by atoms with E-state index in [0.717, 1.165) is 0 Å². The van der Waals surface area contributed by atoms with Gasteiger partial charge in [-0.3, -0.25) is 14.9 Å². The van der Waals surface area contributed by atoms with E-state index >= 15 is 0 Å². The van der Waals surface area contributed by atoms with Crippen LogP contribution in [0.2, 0.25) is 0 Å². The average molecular weight is 309 g/mol. The van der Waals surface area contributed by atoms with Gasteiger partial charge in [-0.1, -0.05) is 13.8 Å². The smallest absolute Gasteiger partial charge is 0.322 e. The first-order chi connectivity index (χ1) is 9.97. The van der Waals surface area contributed by atoms with Gasteiger partial charge in [-0.05, 0) is 23.8 Å². The van der Waals surface area contributed by atoms with Gasteiger partial charge in [0.15, 0.2) is 0 Å². The van der Waals surface area contributed by atoms with Crippen molar-refractivity contribution in [1.82, 2.24) is 5.32 Å². The standard InChI is InChI=1S/C14H19N3O3S/c1-9(2)6-11(14(19)20-3)16-8-12(18)17-13-10(7-15)4-5-21-13/h4-5,9,11,16H,6,8H2,1-3H3,(H,17,18). The van der Waals surface area contributed by atoms with Gasteiger partial charge in [-0.15, -0.1) is 11.3 Å². The number of esters is 1. The molecular formula is C14H19N3O3S. The number of ether oxygens (including phenoxy) is 1. The third-order valence-corrected chi connectivity index (χ3v) is 3.57. The Bertz CT molecular complexity index is 534. The Balaban J connectivity index is 2.54. The molecule has 0 aliphatic carbocycles. The van der Waals surface area contributed by atoms with E-state index in [1.807, 2.05) is 19.9 Å². The van der Waals surface area contributed by atoms with E-state index in [2.05, 4.69) is 10.6 Å². The fourth-order valence-corrected chi connectivity index (χ4v) is 2.51. The van der Waals surface area contributed by atoms with Crippen LogP contribution in [-0.4, -0.2) is 31.6 Å². The van der Waals surface area contributed by atoms with Gasteiger partial charge in [0.2, 0.25) is 5.91 Å². The van der Waals surface area contributed by atoms with Crippen LogP contribution in [0.3, 0.4) is 0 Å². The van der Waals surface area contributed by atoms with Crippen molar-refractivity contribution >= 4 is 28.2 Å². The highest BCUT2D eigenvalue weighted by atomic mass is 32.1. The number of nitriles is 1. The van der Waals surface area contributed by atoms with Crippen molar-refractivity contribution in [2.75, 3.05) is 19.0 Å². The number of nitrogens with one attached hydrogen (secondary N) is 2. The zero-order valence-electron chi connectivity index (χ0n) is 12.3. The molecule has 0 saturated carbocycles. The number of carbonyl (C=O) groups is 2. The molecule has 1 atom stereocenters. The number of carbonyl (C=O) groups excluding carboxylic acids is 2. The summed E-state index contributed by atoms with van der Waals surface area (Å²) in [7, 11) is 1.32. The quantitative estimate of drug-likeness (QED) is 0.749. The first-order valence-electron chi connectivity index (χ1n) is 6.56. The number of anilines is 1. The molecule has 0 aromatic carbocycles. The van der Waals surface area contributed by atoms with E-state index in [9.17, 15) is 9.59 Å². The highest BCUT2D eigenvalue weighted by Crippen LogP contribution is 2.21. The van der Waals surface area contributed by atoms with Crippen molar-refractivity contribution < 1.29 is 14.3 Å². The average Bonchev–Trinajstić information content (AvgIpc) is 2.89. The second kappa shape index (κ2) is 8.39. The summed E-state index contributed by atoms with van der Waals surface area (Å²) in [5, 5.41) is 16.7. The number of rotatable bonds is 7. The van der Waals surface area contributed by atoms with Gasteiger partial charge in [0.05, 0.1) is 19.2 Å². The van der Waals surface area contributed by atoms with Crippen LogP contribution in [0.25, 0.3) is 0 Å². The van der Waals surface area contributed by atoms with Gasteiger partial charge in [0.25, 0.3) is 0 Å².